The Balaban J connectivity index is 1.26. The molecule has 4 fully saturated rings. The molecule has 346 valence electrons. The maximum absolute atomic E-state index is 14.6. The topological polar surface area (TPSA) is 173 Å². The van der Waals surface area contributed by atoms with Crippen LogP contribution in [0.5, 0.6) is 0 Å². The fourth-order valence-corrected chi connectivity index (χ4v) is 12.4. The predicted octanol–water partition coefficient (Wildman–Crippen LogP) is 6.81. The van der Waals surface area contributed by atoms with E-state index in [4.69, 9.17) is 23.7 Å². The number of nitrogens with one attached hydrogen (secondary N) is 1. The highest BCUT2D eigenvalue weighted by atomic mass is 28.4. The summed E-state index contributed by atoms with van der Waals surface area (Å²) < 4.78 is 34.0. The highest BCUT2D eigenvalue weighted by Crippen LogP contribution is 2.54. The van der Waals surface area contributed by atoms with Crippen molar-refractivity contribution < 1.29 is 53.4 Å². The maximum Gasteiger partial charge on any atom is 0.225 e. The van der Waals surface area contributed by atoms with Gasteiger partial charge in [-0.05, 0) is 121 Å². The lowest BCUT2D eigenvalue weighted by molar-refractivity contribution is -0.409. The van der Waals surface area contributed by atoms with E-state index in [9.17, 15) is 29.7 Å². The normalized spacial score (nSPS) is 42.4. The zero-order valence-electron chi connectivity index (χ0n) is 39.1. The van der Waals surface area contributed by atoms with E-state index >= 15 is 0 Å². The number of Topliss-reactive ketones (excluding diaryl/α,β-unsaturated/α-hetero) is 1. The lowest BCUT2D eigenvalue weighted by Gasteiger charge is -2.54. The quantitative estimate of drug-likeness (QED) is 0.0627. The standard InChI is InChI=1S/C47H83NO11Si/c1-13-34(43(52)48-25-16-26-60(11,12)54)36-18-17-28(4)41(56-36)32(8)39(50)31(7)40(51)35(14-2)42-29(5)27-30(6)46(57-42)22-19-37(49)47(59-46)24-23-44(10,58-47)38-20-21-45(53,15-3)33(9)55-38/h19,22,28-39,41-42,49-50,53-54H,13-18,20-21,23-27H2,1-12H3,(H,48,52)/t28-,29-,30+,31-,32-,33-,34+,35-,36+,37+,38?,39+,41+,42-,44-,45+,46-,47-/m0/s1. The van der Waals surface area contributed by atoms with Crippen molar-refractivity contribution in [2.45, 2.75) is 225 Å². The minimum Gasteiger partial charge on any atom is -0.432 e. The van der Waals surface area contributed by atoms with Gasteiger partial charge in [0.25, 0.3) is 0 Å². The van der Waals surface area contributed by atoms with Crippen molar-refractivity contribution in [3.8, 4) is 0 Å². The molecular formula is C47H83NO11Si. The summed E-state index contributed by atoms with van der Waals surface area (Å²) in [6.45, 7) is 24.3. The molecule has 13 heteroatoms. The zero-order chi connectivity index (χ0) is 44.6. The maximum atomic E-state index is 14.6. The molecule has 5 heterocycles. The monoisotopic (exact) mass is 866 g/mol. The summed E-state index contributed by atoms with van der Waals surface area (Å²) in [5, 5.41) is 37.6. The third kappa shape index (κ3) is 10.3. The predicted molar refractivity (Wildman–Crippen MR) is 233 cm³/mol. The molecule has 12 nitrogen and oxygen atoms in total. The first-order valence-electron chi connectivity index (χ1n) is 23.7. The van der Waals surface area contributed by atoms with Crippen molar-refractivity contribution in [1.29, 1.82) is 0 Å². The van der Waals surface area contributed by atoms with Crippen LogP contribution in [-0.2, 0) is 33.3 Å². The van der Waals surface area contributed by atoms with Gasteiger partial charge in [0, 0.05) is 36.6 Å². The number of rotatable bonds is 16. The van der Waals surface area contributed by atoms with Gasteiger partial charge in [-0.2, -0.15) is 0 Å². The molecule has 0 aromatic carbocycles. The fraction of sp³-hybridized carbons (Fsp3) is 0.915. The van der Waals surface area contributed by atoms with E-state index < -0.39 is 61.2 Å². The number of aliphatic hydroxyl groups is 3. The SMILES string of the molecule is CC[C@@H](C(=O)[C@@H](C)[C@@H](O)[C@H](C)[C@@H]1O[C@@H]([C@@H](CC)C(=O)NCCC[Si](C)(C)O)CC[C@@H]1C)[C@H]1O[C@]2(C=C[C@@H](O)[C@]3(CC[C@@](C)(C4CC[C@](O)(CC)[C@H](C)O4)O3)O2)[C@H](C)C[C@@H]1C. The Morgan fingerprint density at radius 1 is 0.917 bits per heavy atom. The van der Waals surface area contributed by atoms with Crippen molar-refractivity contribution >= 4 is 20.0 Å². The third-order valence-corrected chi connectivity index (χ3v) is 17.3. The molecule has 4 saturated heterocycles. The molecule has 0 aromatic rings. The molecule has 0 aliphatic carbocycles. The number of amides is 1. The number of aliphatic hydroxyl groups excluding tert-OH is 2. The number of hydrogen-bond acceptors (Lipinski definition) is 11. The van der Waals surface area contributed by atoms with E-state index in [0.717, 1.165) is 31.7 Å². The molecule has 2 spiro atoms. The Kier molecular flexibility index (Phi) is 16.1. The first kappa shape index (κ1) is 49.7. The Morgan fingerprint density at radius 2 is 1.60 bits per heavy atom. The zero-order valence-corrected chi connectivity index (χ0v) is 40.1. The number of ether oxygens (including phenoxy) is 5. The minimum absolute atomic E-state index is 0.0158. The van der Waals surface area contributed by atoms with Crippen LogP contribution in [0.15, 0.2) is 12.2 Å². The van der Waals surface area contributed by atoms with Crippen LogP contribution in [0.1, 0.15) is 140 Å². The molecule has 1 amide bonds. The molecule has 0 aromatic heterocycles. The molecule has 0 radical (unpaired) electrons. The summed E-state index contributed by atoms with van der Waals surface area (Å²) in [6.07, 6.45) is 6.82. The smallest absolute Gasteiger partial charge is 0.225 e. The molecule has 0 saturated carbocycles. The first-order chi connectivity index (χ1) is 28.0. The van der Waals surface area contributed by atoms with Gasteiger partial charge < -0.3 is 49.1 Å². The average Bonchev–Trinajstić information content (AvgIpc) is 3.54. The number of carbonyl (C=O) groups is 2. The van der Waals surface area contributed by atoms with Crippen molar-refractivity contribution in [3.63, 3.8) is 0 Å². The van der Waals surface area contributed by atoms with Crippen LogP contribution in [0.4, 0.5) is 0 Å². The Bertz CT molecular complexity index is 1490. The lowest BCUT2D eigenvalue weighted by atomic mass is 9.72. The Labute approximate surface area is 362 Å². The number of hydrogen-bond donors (Lipinski definition) is 5. The van der Waals surface area contributed by atoms with Crippen LogP contribution in [0.3, 0.4) is 0 Å². The van der Waals surface area contributed by atoms with E-state index in [1.54, 1.807) is 6.08 Å². The molecule has 5 aliphatic heterocycles. The van der Waals surface area contributed by atoms with Gasteiger partial charge in [-0.15, -0.1) is 0 Å². The van der Waals surface area contributed by atoms with Crippen molar-refractivity contribution in [1.82, 2.24) is 5.32 Å². The Hall–Kier alpha value is -1.26. The summed E-state index contributed by atoms with van der Waals surface area (Å²) in [7, 11) is -2.18. The molecule has 0 bridgehead atoms. The van der Waals surface area contributed by atoms with Gasteiger partial charge in [-0.25, -0.2) is 0 Å². The Morgan fingerprint density at radius 3 is 2.22 bits per heavy atom. The van der Waals surface area contributed by atoms with Gasteiger partial charge >= 0.3 is 0 Å². The van der Waals surface area contributed by atoms with Crippen LogP contribution < -0.4 is 5.32 Å². The van der Waals surface area contributed by atoms with Crippen LogP contribution >= 0.6 is 0 Å². The van der Waals surface area contributed by atoms with Gasteiger partial charge in [0.2, 0.25) is 11.7 Å². The fourth-order valence-electron chi connectivity index (χ4n) is 11.4. The number of ketones is 1. The second-order valence-corrected chi connectivity index (χ2v) is 24.9. The molecule has 60 heavy (non-hydrogen) atoms. The van der Waals surface area contributed by atoms with Crippen LogP contribution in [0.2, 0.25) is 19.1 Å². The van der Waals surface area contributed by atoms with E-state index in [1.165, 1.54) is 0 Å². The van der Waals surface area contributed by atoms with E-state index in [2.05, 4.69) is 26.1 Å². The van der Waals surface area contributed by atoms with E-state index in [0.29, 0.717) is 51.5 Å². The first-order valence-corrected chi connectivity index (χ1v) is 26.8. The second-order valence-electron chi connectivity index (χ2n) is 20.8. The second kappa shape index (κ2) is 19.5. The van der Waals surface area contributed by atoms with Gasteiger partial charge in [-0.3, -0.25) is 9.59 Å². The summed E-state index contributed by atoms with van der Waals surface area (Å²) in [6, 6.07) is 0.730. The van der Waals surface area contributed by atoms with Crippen LogP contribution in [0.25, 0.3) is 0 Å². The largest absolute Gasteiger partial charge is 0.432 e. The molecule has 5 rings (SSSR count). The summed E-state index contributed by atoms with van der Waals surface area (Å²) in [4.78, 5) is 38.2. The summed E-state index contributed by atoms with van der Waals surface area (Å²) in [5.74, 6) is -4.56. The highest BCUT2D eigenvalue weighted by molar-refractivity contribution is 6.69. The third-order valence-electron chi connectivity index (χ3n) is 15.7. The molecular weight excluding hydrogens is 783 g/mol. The molecule has 18 atom stereocenters. The molecule has 1 unspecified atom stereocenters. The van der Waals surface area contributed by atoms with Gasteiger partial charge in [-0.1, -0.05) is 55.4 Å². The van der Waals surface area contributed by atoms with Crippen molar-refractivity contribution in [3.05, 3.63) is 12.2 Å². The number of carbonyl (C=O) groups excluding carboxylic acids is 2. The minimum atomic E-state index is -2.18. The van der Waals surface area contributed by atoms with Gasteiger partial charge in [0.1, 0.15) is 11.9 Å². The van der Waals surface area contributed by atoms with E-state index in [-0.39, 0.29) is 65.7 Å². The van der Waals surface area contributed by atoms with Crippen molar-refractivity contribution in [2.24, 2.45) is 41.4 Å². The van der Waals surface area contributed by atoms with Gasteiger partial charge in [0.05, 0.1) is 53.7 Å². The molecule has 5 aliphatic rings. The summed E-state index contributed by atoms with van der Waals surface area (Å²) >= 11 is 0. The van der Waals surface area contributed by atoms with E-state index in [1.807, 2.05) is 67.6 Å². The van der Waals surface area contributed by atoms with Crippen LogP contribution in [0, 0.1) is 41.4 Å². The van der Waals surface area contributed by atoms with Crippen molar-refractivity contribution in [2.75, 3.05) is 6.54 Å². The lowest BCUT2D eigenvalue weighted by Crippen LogP contribution is -2.63. The highest BCUT2D eigenvalue weighted by Gasteiger charge is 2.63. The van der Waals surface area contributed by atoms with Gasteiger partial charge in [0.15, 0.2) is 14.1 Å². The average molecular weight is 866 g/mol. The van der Waals surface area contributed by atoms with Crippen LogP contribution in [-0.4, -0.2) is 112 Å². The summed E-state index contributed by atoms with van der Waals surface area (Å²) in [5.41, 5.74) is -1.63. The molecule has 5 N–H and O–H groups in total.